The Labute approximate surface area is 213 Å². The number of phenolic OH excluding ortho intramolecular Hbond substituents is 1. The van der Waals surface area contributed by atoms with E-state index in [1.54, 1.807) is 12.1 Å². The lowest BCUT2D eigenvalue weighted by molar-refractivity contribution is -0.143. The lowest BCUT2D eigenvalue weighted by Crippen LogP contribution is -2.58. The van der Waals surface area contributed by atoms with Crippen molar-refractivity contribution < 1.29 is 44.4 Å². The summed E-state index contributed by atoms with van der Waals surface area (Å²) < 4.78 is 0. The van der Waals surface area contributed by atoms with Crippen LogP contribution < -0.4 is 27.4 Å². The third kappa shape index (κ3) is 11.7. The van der Waals surface area contributed by atoms with Crippen LogP contribution in [0.1, 0.15) is 37.7 Å². The molecule has 3 amide bonds. The number of carbonyl (C=O) groups excluding carboxylic acids is 3. The summed E-state index contributed by atoms with van der Waals surface area (Å²) in [7, 11) is 0. The number of nitrogens with one attached hydrogen (secondary N) is 3. The van der Waals surface area contributed by atoms with Gasteiger partial charge >= 0.3 is 11.9 Å². The summed E-state index contributed by atoms with van der Waals surface area (Å²) in [5.74, 6) is -5.15. The van der Waals surface area contributed by atoms with Crippen LogP contribution in [-0.2, 0) is 30.4 Å². The summed E-state index contributed by atoms with van der Waals surface area (Å²) in [6, 6.07) is 0.734. The third-order valence-corrected chi connectivity index (χ3v) is 5.39. The summed E-state index contributed by atoms with van der Waals surface area (Å²) >= 11 is 0. The predicted molar refractivity (Wildman–Crippen MR) is 130 cm³/mol. The van der Waals surface area contributed by atoms with Crippen molar-refractivity contribution in [2.75, 3.05) is 13.2 Å². The predicted octanol–water partition coefficient (Wildman–Crippen LogP) is -2.21. The number of nitrogens with two attached hydrogens (primary N) is 2. The molecule has 0 bridgehead atoms. The maximum atomic E-state index is 12.8. The summed E-state index contributed by atoms with van der Waals surface area (Å²) in [6.07, 6.45) is 0.205. The van der Waals surface area contributed by atoms with Gasteiger partial charge in [0.05, 0.1) is 12.6 Å². The Morgan fingerprint density at radius 2 is 1.38 bits per heavy atom. The first kappa shape index (κ1) is 31.3. The molecule has 14 heteroatoms. The minimum absolute atomic E-state index is 0.0420. The van der Waals surface area contributed by atoms with Gasteiger partial charge < -0.3 is 47.8 Å². The lowest BCUT2D eigenvalue weighted by atomic mass is 10.0. The zero-order valence-corrected chi connectivity index (χ0v) is 20.3. The molecule has 0 radical (unpaired) electrons. The molecule has 4 unspecified atom stereocenters. The molecule has 0 saturated heterocycles. The van der Waals surface area contributed by atoms with Crippen LogP contribution in [0, 0.1) is 0 Å². The van der Waals surface area contributed by atoms with Crippen LogP contribution in [0.5, 0.6) is 5.75 Å². The van der Waals surface area contributed by atoms with Crippen molar-refractivity contribution in [2.45, 2.75) is 62.7 Å². The van der Waals surface area contributed by atoms with E-state index in [4.69, 9.17) is 16.6 Å². The van der Waals surface area contributed by atoms with Gasteiger partial charge in [-0.1, -0.05) is 12.1 Å². The number of aromatic hydroxyl groups is 1. The van der Waals surface area contributed by atoms with Gasteiger partial charge in [-0.15, -0.1) is 0 Å². The van der Waals surface area contributed by atoms with Crippen LogP contribution in [-0.4, -0.2) is 87.4 Å². The van der Waals surface area contributed by atoms with Crippen LogP contribution in [0.3, 0.4) is 0 Å². The van der Waals surface area contributed by atoms with Crippen LogP contribution in [0.15, 0.2) is 24.3 Å². The van der Waals surface area contributed by atoms with Gasteiger partial charge in [-0.05, 0) is 56.3 Å². The van der Waals surface area contributed by atoms with Crippen molar-refractivity contribution in [3.05, 3.63) is 29.8 Å². The SMILES string of the molecule is NCCCCC(NC(=O)C(CO)NC(=O)C(N)Cc1ccc(O)cc1)C(=O)NC(CCC(=O)O)C(=O)O. The van der Waals surface area contributed by atoms with Gasteiger partial charge in [0.1, 0.15) is 23.9 Å². The van der Waals surface area contributed by atoms with Crippen molar-refractivity contribution in [1.82, 2.24) is 16.0 Å². The second kappa shape index (κ2) is 16.1. The molecule has 206 valence electrons. The molecule has 0 aliphatic carbocycles. The van der Waals surface area contributed by atoms with Gasteiger partial charge in [0.25, 0.3) is 0 Å². The fourth-order valence-corrected chi connectivity index (χ4v) is 3.28. The number of hydrogen-bond donors (Lipinski definition) is 9. The first-order valence-electron chi connectivity index (χ1n) is 11.7. The van der Waals surface area contributed by atoms with Crippen molar-refractivity contribution in [2.24, 2.45) is 11.5 Å². The largest absolute Gasteiger partial charge is 0.508 e. The number of unbranched alkanes of at least 4 members (excludes halogenated alkanes) is 1. The molecule has 37 heavy (non-hydrogen) atoms. The fraction of sp³-hybridized carbons (Fsp3) is 0.522. The zero-order chi connectivity index (χ0) is 28.0. The number of amides is 3. The molecule has 1 aromatic carbocycles. The van der Waals surface area contributed by atoms with Gasteiger partial charge in [-0.25, -0.2) is 4.79 Å². The number of aliphatic hydroxyl groups is 1. The van der Waals surface area contributed by atoms with E-state index in [1.165, 1.54) is 12.1 Å². The van der Waals surface area contributed by atoms with Gasteiger partial charge in [0.2, 0.25) is 17.7 Å². The standard InChI is InChI=1S/C23H35N5O9/c24-10-2-1-3-16(21(34)27-17(23(36)37)8-9-19(31)32)26-22(35)18(12-29)28-20(33)15(25)11-13-4-6-14(30)7-5-13/h4-7,15-18,29-30H,1-3,8-12,24-25H2,(H,26,35)(H,27,34)(H,28,33)(H,31,32)(H,36,37). The molecule has 14 nitrogen and oxygen atoms in total. The number of hydrogen-bond acceptors (Lipinski definition) is 9. The number of carbonyl (C=O) groups is 5. The Morgan fingerprint density at radius 3 is 1.92 bits per heavy atom. The average molecular weight is 526 g/mol. The highest BCUT2D eigenvalue weighted by atomic mass is 16.4. The van der Waals surface area contributed by atoms with E-state index >= 15 is 0 Å². The molecular formula is C23H35N5O9. The first-order valence-corrected chi connectivity index (χ1v) is 11.7. The summed E-state index contributed by atoms with van der Waals surface area (Å²) in [4.78, 5) is 60.2. The smallest absolute Gasteiger partial charge is 0.326 e. The van der Waals surface area contributed by atoms with Crippen molar-refractivity contribution in [3.63, 3.8) is 0 Å². The quantitative estimate of drug-likeness (QED) is 0.0985. The van der Waals surface area contributed by atoms with E-state index in [1.807, 2.05) is 0 Å². The lowest BCUT2D eigenvalue weighted by Gasteiger charge is -2.24. The highest BCUT2D eigenvalue weighted by Gasteiger charge is 2.30. The second-order valence-electron chi connectivity index (χ2n) is 8.40. The second-order valence-corrected chi connectivity index (χ2v) is 8.40. The maximum absolute atomic E-state index is 12.8. The number of phenols is 1. The average Bonchev–Trinajstić information content (AvgIpc) is 2.85. The zero-order valence-electron chi connectivity index (χ0n) is 20.3. The number of aliphatic hydroxyl groups excluding tert-OH is 1. The Bertz CT molecular complexity index is 926. The van der Waals surface area contributed by atoms with Gasteiger partial charge in [0, 0.05) is 6.42 Å². The molecule has 0 spiro atoms. The van der Waals surface area contributed by atoms with Gasteiger partial charge in [-0.2, -0.15) is 0 Å². The molecule has 1 rings (SSSR count). The third-order valence-electron chi connectivity index (χ3n) is 5.39. The van der Waals surface area contributed by atoms with Gasteiger partial charge in [-0.3, -0.25) is 19.2 Å². The molecule has 4 atom stereocenters. The van der Waals surface area contributed by atoms with Crippen LogP contribution in [0.2, 0.25) is 0 Å². The number of benzene rings is 1. The van der Waals surface area contributed by atoms with Crippen molar-refractivity contribution >= 4 is 29.7 Å². The summed E-state index contributed by atoms with van der Waals surface area (Å²) in [5.41, 5.74) is 12.0. The molecule has 0 fully saturated rings. The number of rotatable bonds is 17. The minimum Gasteiger partial charge on any atom is -0.508 e. The number of carboxylic acid groups (broad SMARTS) is 2. The molecule has 0 aromatic heterocycles. The Balaban J connectivity index is 2.84. The van der Waals surface area contributed by atoms with E-state index in [-0.39, 0.29) is 25.0 Å². The highest BCUT2D eigenvalue weighted by Crippen LogP contribution is 2.11. The Morgan fingerprint density at radius 1 is 0.811 bits per heavy atom. The number of carboxylic acids is 2. The summed E-state index contributed by atoms with van der Waals surface area (Å²) in [6.45, 7) is -0.496. The molecular weight excluding hydrogens is 490 g/mol. The molecule has 0 heterocycles. The Hall–Kier alpha value is -3.75. The number of aliphatic carboxylic acids is 2. The van der Waals surface area contributed by atoms with E-state index in [9.17, 15) is 39.3 Å². The van der Waals surface area contributed by atoms with E-state index < -0.39 is 66.9 Å². The van der Waals surface area contributed by atoms with Crippen LogP contribution >= 0.6 is 0 Å². The normalized spacial score (nSPS) is 14.0. The highest BCUT2D eigenvalue weighted by molar-refractivity contribution is 5.94. The topological polar surface area (TPSA) is 254 Å². The van der Waals surface area contributed by atoms with Gasteiger partial charge in [0.15, 0.2) is 0 Å². The van der Waals surface area contributed by atoms with E-state index in [2.05, 4.69) is 16.0 Å². The molecule has 0 aliphatic heterocycles. The Kier molecular flexibility index (Phi) is 13.6. The molecule has 11 N–H and O–H groups in total. The van der Waals surface area contributed by atoms with Crippen molar-refractivity contribution in [3.8, 4) is 5.75 Å². The monoisotopic (exact) mass is 525 g/mol. The molecule has 1 aromatic rings. The van der Waals surface area contributed by atoms with E-state index in [0.717, 1.165) is 0 Å². The molecule has 0 saturated carbocycles. The van der Waals surface area contributed by atoms with Crippen molar-refractivity contribution in [1.29, 1.82) is 0 Å². The van der Waals surface area contributed by atoms with E-state index in [0.29, 0.717) is 24.9 Å². The maximum Gasteiger partial charge on any atom is 0.326 e. The first-order chi connectivity index (χ1) is 17.5. The van der Waals surface area contributed by atoms with Crippen LogP contribution in [0.4, 0.5) is 0 Å². The van der Waals surface area contributed by atoms with Crippen LogP contribution in [0.25, 0.3) is 0 Å². The molecule has 0 aliphatic rings. The fourth-order valence-electron chi connectivity index (χ4n) is 3.28. The minimum atomic E-state index is -1.50. The summed E-state index contributed by atoms with van der Waals surface area (Å²) in [5, 5.41) is 44.0.